The number of nitrogens with zero attached hydrogens (tertiary/aromatic N) is 3. The lowest BCUT2D eigenvalue weighted by Gasteiger charge is -2.29. The van der Waals surface area contributed by atoms with Crippen molar-refractivity contribution in [1.29, 1.82) is 0 Å². The Balaban J connectivity index is 1.45. The summed E-state index contributed by atoms with van der Waals surface area (Å²) in [4.78, 5) is 11.5. The van der Waals surface area contributed by atoms with E-state index < -0.39 is 11.6 Å². The summed E-state index contributed by atoms with van der Waals surface area (Å²) >= 11 is 1.51. The van der Waals surface area contributed by atoms with E-state index in [9.17, 15) is 13.9 Å². The smallest absolute Gasteiger partial charge is 0.228 e. The van der Waals surface area contributed by atoms with Gasteiger partial charge in [0.25, 0.3) is 0 Å². The predicted molar refractivity (Wildman–Crippen MR) is 101 cm³/mol. The van der Waals surface area contributed by atoms with E-state index in [1.54, 1.807) is 0 Å². The molecule has 0 amide bonds. The highest BCUT2D eigenvalue weighted by molar-refractivity contribution is 7.17. The summed E-state index contributed by atoms with van der Waals surface area (Å²) in [7, 11) is 0. The van der Waals surface area contributed by atoms with E-state index in [-0.39, 0.29) is 30.2 Å². The number of aromatic nitrogens is 2. The second-order valence-corrected chi connectivity index (χ2v) is 8.12. The number of thiophene rings is 1. The van der Waals surface area contributed by atoms with E-state index >= 15 is 0 Å². The normalized spacial score (nSPS) is 24.1. The highest BCUT2D eigenvalue weighted by atomic mass is 32.1. The van der Waals surface area contributed by atoms with E-state index in [2.05, 4.69) is 20.2 Å². The number of fused-ring (bicyclic) bond motifs is 3. The number of anilines is 2. The van der Waals surface area contributed by atoms with Gasteiger partial charge in [-0.25, -0.2) is 13.8 Å². The number of aliphatic hydroxyl groups is 1. The number of hydrogen-bond acceptors (Lipinski definition) is 6. The molecule has 3 heterocycles. The Bertz CT molecular complexity index is 1010. The molecule has 2 aliphatic rings. The van der Waals surface area contributed by atoms with Crippen LogP contribution in [0.15, 0.2) is 29.6 Å². The van der Waals surface area contributed by atoms with Crippen LogP contribution in [0.2, 0.25) is 0 Å². The first-order valence-corrected chi connectivity index (χ1v) is 9.84. The number of nitrogens with one attached hydrogen (secondary N) is 1. The van der Waals surface area contributed by atoms with Gasteiger partial charge in [0.2, 0.25) is 5.95 Å². The van der Waals surface area contributed by atoms with Crippen molar-refractivity contribution in [2.45, 2.75) is 31.5 Å². The van der Waals surface area contributed by atoms with Crippen molar-refractivity contribution < 1.29 is 13.9 Å². The molecular formula is C19H18F2N4OS. The maximum absolute atomic E-state index is 13.9. The molecule has 0 spiro atoms. The Morgan fingerprint density at radius 1 is 1.22 bits per heavy atom. The molecule has 2 fully saturated rings. The number of rotatable bonds is 4. The van der Waals surface area contributed by atoms with Crippen molar-refractivity contribution in [1.82, 2.24) is 9.97 Å². The number of hydrogen-bond donors (Lipinski definition) is 2. The lowest BCUT2D eigenvalue weighted by atomic mass is 10.1. The predicted octanol–water partition coefficient (Wildman–Crippen LogP) is 3.54. The molecule has 1 saturated heterocycles. The molecule has 1 aliphatic carbocycles. The minimum atomic E-state index is -0.468. The van der Waals surface area contributed by atoms with Crippen LogP contribution >= 0.6 is 11.3 Å². The summed E-state index contributed by atoms with van der Waals surface area (Å²) in [6, 6.07) is 5.62. The highest BCUT2D eigenvalue weighted by Gasteiger charge is 2.45. The third-order valence-electron chi connectivity index (χ3n) is 5.51. The largest absolute Gasteiger partial charge is 0.393 e. The van der Waals surface area contributed by atoms with Crippen molar-refractivity contribution in [3.8, 4) is 0 Å². The minimum absolute atomic E-state index is 0.137. The summed E-state index contributed by atoms with van der Waals surface area (Å²) in [5.74, 6) is 0.602. The van der Waals surface area contributed by atoms with Gasteiger partial charge in [0, 0.05) is 30.6 Å². The van der Waals surface area contributed by atoms with Gasteiger partial charge < -0.3 is 15.3 Å². The van der Waals surface area contributed by atoms with Gasteiger partial charge >= 0.3 is 0 Å². The van der Waals surface area contributed by atoms with Gasteiger partial charge in [-0.05, 0) is 42.5 Å². The zero-order valence-electron chi connectivity index (χ0n) is 14.4. The number of aliphatic hydroxyl groups excluding tert-OH is 1. The fraction of sp³-hybridized carbons (Fsp3) is 0.368. The molecule has 0 unspecified atom stereocenters. The van der Waals surface area contributed by atoms with Gasteiger partial charge in [-0.3, -0.25) is 0 Å². The van der Waals surface area contributed by atoms with Gasteiger partial charge in [-0.1, -0.05) is 0 Å². The van der Waals surface area contributed by atoms with E-state index in [1.807, 2.05) is 11.4 Å². The minimum Gasteiger partial charge on any atom is -0.393 e. The average molecular weight is 388 g/mol. The molecule has 140 valence electrons. The second-order valence-electron chi connectivity index (χ2n) is 7.20. The fourth-order valence-electron chi connectivity index (χ4n) is 4.13. The molecule has 1 aromatic carbocycles. The van der Waals surface area contributed by atoms with Crippen LogP contribution < -0.4 is 10.2 Å². The first kappa shape index (κ1) is 16.8. The molecule has 27 heavy (non-hydrogen) atoms. The van der Waals surface area contributed by atoms with Gasteiger partial charge in [-0.2, -0.15) is 4.98 Å². The van der Waals surface area contributed by atoms with Gasteiger partial charge in [0.05, 0.1) is 16.3 Å². The Morgan fingerprint density at radius 3 is 2.89 bits per heavy atom. The second kappa shape index (κ2) is 6.38. The van der Waals surface area contributed by atoms with E-state index in [0.29, 0.717) is 11.8 Å². The molecule has 2 N–H and O–H groups in total. The molecule has 2 bridgehead atoms. The summed E-state index contributed by atoms with van der Waals surface area (Å²) in [5.41, 5.74) is 1.08. The van der Waals surface area contributed by atoms with Crippen molar-refractivity contribution in [2.24, 2.45) is 5.92 Å². The zero-order valence-corrected chi connectivity index (χ0v) is 15.2. The van der Waals surface area contributed by atoms with E-state index in [4.69, 9.17) is 0 Å². The van der Waals surface area contributed by atoms with Crippen LogP contribution in [-0.2, 0) is 6.54 Å². The molecule has 3 atom stereocenters. The molecule has 2 aromatic heterocycles. The van der Waals surface area contributed by atoms with Crippen molar-refractivity contribution in [3.63, 3.8) is 0 Å². The molecule has 3 aromatic rings. The van der Waals surface area contributed by atoms with Crippen LogP contribution in [0.3, 0.4) is 0 Å². The van der Waals surface area contributed by atoms with Crippen LogP contribution in [0.4, 0.5) is 20.5 Å². The van der Waals surface area contributed by atoms with Crippen molar-refractivity contribution in [3.05, 3.63) is 46.8 Å². The molecule has 5 rings (SSSR count). The van der Waals surface area contributed by atoms with Crippen LogP contribution in [0, 0.1) is 17.6 Å². The molecule has 1 aliphatic heterocycles. The van der Waals surface area contributed by atoms with E-state index in [1.165, 1.54) is 17.4 Å². The van der Waals surface area contributed by atoms with Crippen LogP contribution in [0.1, 0.15) is 18.4 Å². The standard InChI is InChI=1S/C19H18F2N4OS/c20-12-1-2-14(21)10(5-12)8-22-18-17-15(3-4-27-17)23-19(24-18)25-9-11-6-13(25)7-16(11)26/h1-5,11,13,16,26H,6-9H2,(H,22,23,24)/t11-,13-,16+/m0/s1. The Hall–Kier alpha value is -2.32. The third-order valence-corrected chi connectivity index (χ3v) is 6.42. The zero-order chi connectivity index (χ0) is 18.5. The fourth-order valence-corrected chi connectivity index (χ4v) is 4.93. The molecule has 1 saturated carbocycles. The summed E-state index contributed by atoms with van der Waals surface area (Å²) in [6.45, 7) is 0.886. The Labute approximate surface area is 158 Å². The van der Waals surface area contributed by atoms with Gasteiger partial charge in [0.15, 0.2) is 0 Å². The topological polar surface area (TPSA) is 61.3 Å². The molecular weight excluding hydrogens is 370 g/mol. The monoisotopic (exact) mass is 388 g/mol. The lowest BCUT2D eigenvalue weighted by molar-refractivity contribution is 0.127. The van der Waals surface area contributed by atoms with Crippen LogP contribution in [-0.4, -0.2) is 33.8 Å². The molecule has 0 radical (unpaired) electrons. The lowest BCUT2D eigenvalue weighted by Crippen LogP contribution is -2.38. The number of benzene rings is 1. The summed E-state index contributed by atoms with van der Waals surface area (Å²) in [6.07, 6.45) is 1.47. The number of piperidine rings is 1. The quantitative estimate of drug-likeness (QED) is 0.716. The van der Waals surface area contributed by atoms with Crippen LogP contribution in [0.25, 0.3) is 10.2 Å². The first-order valence-electron chi connectivity index (χ1n) is 8.96. The number of halogens is 2. The molecule has 5 nitrogen and oxygen atoms in total. The highest BCUT2D eigenvalue weighted by Crippen LogP contribution is 2.40. The van der Waals surface area contributed by atoms with Crippen LogP contribution in [0.5, 0.6) is 0 Å². The van der Waals surface area contributed by atoms with Gasteiger partial charge in [-0.15, -0.1) is 11.3 Å². The summed E-state index contributed by atoms with van der Waals surface area (Å²) < 4.78 is 28.2. The Kier molecular flexibility index (Phi) is 3.98. The Morgan fingerprint density at radius 2 is 2.11 bits per heavy atom. The third kappa shape index (κ3) is 2.93. The first-order chi connectivity index (χ1) is 13.1. The maximum atomic E-state index is 13.9. The summed E-state index contributed by atoms with van der Waals surface area (Å²) in [5, 5.41) is 15.1. The van der Waals surface area contributed by atoms with Gasteiger partial charge in [0.1, 0.15) is 17.5 Å². The van der Waals surface area contributed by atoms with E-state index in [0.717, 1.165) is 41.7 Å². The maximum Gasteiger partial charge on any atom is 0.228 e. The van der Waals surface area contributed by atoms with Crippen molar-refractivity contribution in [2.75, 3.05) is 16.8 Å². The SMILES string of the molecule is O[C@@H]1C[C@@H]2C[C@H]1CN2c1nc(NCc2cc(F)ccc2F)c2sccc2n1. The molecule has 8 heteroatoms. The van der Waals surface area contributed by atoms with Crippen molar-refractivity contribution >= 4 is 33.3 Å². The average Bonchev–Trinajstić information content (AvgIpc) is 3.36.